The molecular weight excluding hydrogens is 324 g/mol. The van der Waals surface area contributed by atoms with Crippen LogP contribution in [0.3, 0.4) is 0 Å². The van der Waals surface area contributed by atoms with E-state index in [0.717, 1.165) is 30.0 Å². The van der Waals surface area contributed by atoms with Gasteiger partial charge in [0.15, 0.2) is 6.54 Å². The van der Waals surface area contributed by atoms with Gasteiger partial charge in [-0.05, 0) is 62.6 Å². The highest BCUT2D eigenvalue weighted by Gasteiger charge is 2.53. The number of benzene rings is 2. The standard InChI is InChI=1S/C22H27N2O2/c1-2-26-20-14-12-18(13-15-20)22(25)17-23-16-8-4-7-11-21(23)24(22)19-9-5-3-6-10-19/h3,5-6,9-10,12-15,25H,2,4,7-8,11,16-17H2,1H3/q+1/t22-/m1/s1. The first-order chi connectivity index (χ1) is 12.7. The third-order valence-electron chi connectivity index (χ3n) is 5.37. The maximum atomic E-state index is 11.8. The number of ether oxygens (including phenoxy) is 1. The van der Waals surface area contributed by atoms with Crippen LogP contribution in [-0.2, 0) is 5.72 Å². The second kappa shape index (κ2) is 7.12. The smallest absolute Gasteiger partial charge is 0.275 e. The van der Waals surface area contributed by atoms with Crippen molar-refractivity contribution in [1.82, 2.24) is 0 Å². The van der Waals surface area contributed by atoms with Crippen LogP contribution in [0, 0.1) is 0 Å². The molecule has 136 valence electrons. The van der Waals surface area contributed by atoms with Crippen LogP contribution in [0.2, 0.25) is 0 Å². The number of hydrogen-bond donors (Lipinski definition) is 1. The molecule has 0 aliphatic carbocycles. The van der Waals surface area contributed by atoms with Gasteiger partial charge in [0.2, 0.25) is 0 Å². The number of amidine groups is 1. The normalized spacial score (nSPS) is 22.9. The summed E-state index contributed by atoms with van der Waals surface area (Å²) in [5, 5.41) is 11.8. The molecule has 0 radical (unpaired) electrons. The Morgan fingerprint density at radius 1 is 1.04 bits per heavy atom. The third-order valence-corrected chi connectivity index (χ3v) is 5.37. The van der Waals surface area contributed by atoms with E-state index in [1.54, 1.807) is 0 Å². The van der Waals surface area contributed by atoms with Crippen LogP contribution >= 0.6 is 0 Å². The molecule has 1 atom stereocenters. The lowest BCUT2D eigenvalue weighted by Gasteiger charge is -2.29. The van der Waals surface area contributed by atoms with Crippen LogP contribution in [0.5, 0.6) is 5.75 Å². The van der Waals surface area contributed by atoms with Gasteiger partial charge in [-0.1, -0.05) is 18.2 Å². The molecule has 4 nitrogen and oxygen atoms in total. The maximum absolute atomic E-state index is 11.8. The average Bonchev–Trinajstić information content (AvgIpc) is 2.79. The summed E-state index contributed by atoms with van der Waals surface area (Å²) < 4.78 is 7.94. The first-order valence-corrected chi connectivity index (χ1v) is 9.64. The largest absolute Gasteiger partial charge is 0.494 e. The molecule has 4 rings (SSSR count). The molecule has 2 aromatic carbocycles. The molecule has 2 heterocycles. The van der Waals surface area contributed by atoms with E-state index < -0.39 is 5.72 Å². The molecule has 2 aliphatic rings. The molecular formula is C22H27N2O2+. The molecule has 0 fully saturated rings. The summed E-state index contributed by atoms with van der Waals surface area (Å²) >= 11 is 0. The van der Waals surface area contributed by atoms with Crippen molar-refractivity contribution >= 4 is 11.5 Å². The minimum atomic E-state index is -1.06. The fourth-order valence-corrected chi connectivity index (χ4v) is 4.17. The van der Waals surface area contributed by atoms with Gasteiger partial charge in [-0.15, -0.1) is 0 Å². The Morgan fingerprint density at radius 3 is 2.54 bits per heavy atom. The summed E-state index contributed by atoms with van der Waals surface area (Å²) in [6, 6.07) is 18.2. The summed E-state index contributed by atoms with van der Waals surface area (Å²) in [7, 11) is 0. The molecule has 0 amide bonds. The van der Waals surface area contributed by atoms with Gasteiger partial charge in [0.1, 0.15) is 11.4 Å². The molecule has 2 aliphatic heterocycles. The van der Waals surface area contributed by atoms with E-state index >= 15 is 0 Å². The zero-order valence-electron chi connectivity index (χ0n) is 15.4. The summed E-state index contributed by atoms with van der Waals surface area (Å²) in [4.78, 5) is 2.15. The molecule has 0 saturated carbocycles. The van der Waals surface area contributed by atoms with E-state index in [0.29, 0.717) is 13.2 Å². The SMILES string of the molecule is CCOc1ccc([C@]2(O)C[N+]3=C(CCCCC3)N2c2ccccc2)cc1. The summed E-state index contributed by atoms with van der Waals surface area (Å²) in [5.41, 5.74) is 0.896. The van der Waals surface area contributed by atoms with Crippen molar-refractivity contribution < 1.29 is 14.4 Å². The van der Waals surface area contributed by atoms with Crippen molar-refractivity contribution in [2.24, 2.45) is 0 Å². The van der Waals surface area contributed by atoms with Crippen LogP contribution in [0.15, 0.2) is 54.6 Å². The maximum Gasteiger partial charge on any atom is 0.275 e. The van der Waals surface area contributed by atoms with Gasteiger partial charge in [-0.2, -0.15) is 4.90 Å². The van der Waals surface area contributed by atoms with Crippen molar-refractivity contribution in [2.75, 3.05) is 24.6 Å². The molecule has 0 bridgehead atoms. The highest BCUT2D eigenvalue weighted by molar-refractivity contribution is 5.97. The molecule has 26 heavy (non-hydrogen) atoms. The Labute approximate surface area is 155 Å². The lowest BCUT2D eigenvalue weighted by Crippen LogP contribution is -2.47. The predicted molar refractivity (Wildman–Crippen MR) is 104 cm³/mol. The van der Waals surface area contributed by atoms with Gasteiger partial charge in [-0.25, -0.2) is 0 Å². The second-order valence-corrected chi connectivity index (χ2v) is 7.09. The van der Waals surface area contributed by atoms with Gasteiger partial charge < -0.3 is 9.84 Å². The molecule has 4 heteroatoms. The van der Waals surface area contributed by atoms with Gasteiger partial charge in [0.05, 0.1) is 13.2 Å². The van der Waals surface area contributed by atoms with Gasteiger partial charge >= 0.3 is 0 Å². The van der Waals surface area contributed by atoms with Crippen molar-refractivity contribution in [3.63, 3.8) is 0 Å². The second-order valence-electron chi connectivity index (χ2n) is 7.09. The predicted octanol–water partition coefficient (Wildman–Crippen LogP) is 3.74. The Kier molecular flexibility index (Phi) is 4.68. The molecule has 0 unspecified atom stereocenters. The van der Waals surface area contributed by atoms with E-state index in [-0.39, 0.29) is 0 Å². The van der Waals surface area contributed by atoms with E-state index in [4.69, 9.17) is 4.74 Å². The van der Waals surface area contributed by atoms with Gasteiger partial charge in [0.25, 0.3) is 11.6 Å². The Balaban J connectivity index is 1.76. The lowest BCUT2D eigenvalue weighted by molar-refractivity contribution is -0.534. The van der Waals surface area contributed by atoms with Gasteiger partial charge in [0, 0.05) is 12.0 Å². The highest BCUT2D eigenvalue weighted by Crippen LogP contribution is 2.38. The minimum Gasteiger partial charge on any atom is -0.494 e. The van der Waals surface area contributed by atoms with Crippen LogP contribution in [0.25, 0.3) is 0 Å². The van der Waals surface area contributed by atoms with E-state index in [2.05, 4.69) is 21.6 Å². The highest BCUT2D eigenvalue weighted by atomic mass is 16.5. The van der Waals surface area contributed by atoms with E-state index in [1.807, 2.05) is 49.4 Å². The van der Waals surface area contributed by atoms with Crippen molar-refractivity contribution in [2.45, 2.75) is 38.3 Å². The number of para-hydroxylation sites is 1. The molecule has 2 aromatic rings. The first-order valence-electron chi connectivity index (χ1n) is 9.64. The fraction of sp³-hybridized carbons (Fsp3) is 0.409. The summed E-state index contributed by atoms with van der Waals surface area (Å²) in [6.07, 6.45) is 4.62. The number of anilines is 1. The van der Waals surface area contributed by atoms with Crippen LogP contribution < -0.4 is 9.64 Å². The molecule has 0 aromatic heterocycles. The third kappa shape index (κ3) is 2.99. The Bertz CT molecular complexity index is 786. The zero-order valence-corrected chi connectivity index (χ0v) is 15.4. The number of rotatable bonds is 4. The van der Waals surface area contributed by atoms with Gasteiger partial charge in [-0.3, -0.25) is 4.58 Å². The minimum absolute atomic E-state index is 0.602. The number of hydrogen-bond acceptors (Lipinski definition) is 3. The van der Waals surface area contributed by atoms with E-state index in [1.165, 1.54) is 25.1 Å². The number of aliphatic hydroxyl groups is 1. The monoisotopic (exact) mass is 351 g/mol. The fourth-order valence-electron chi connectivity index (χ4n) is 4.17. The topological polar surface area (TPSA) is 35.7 Å². The first kappa shape index (κ1) is 17.1. The van der Waals surface area contributed by atoms with Crippen molar-refractivity contribution in [1.29, 1.82) is 0 Å². The quantitative estimate of drug-likeness (QED) is 0.853. The van der Waals surface area contributed by atoms with Crippen molar-refractivity contribution in [3.05, 3.63) is 60.2 Å². The average molecular weight is 351 g/mol. The Hall–Kier alpha value is -2.33. The van der Waals surface area contributed by atoms with Crippen LogP contribution in [-0.4, -0.2) is 35.2 Å². The zero-order chi connectivity index (χ0) is 18.0. The Morgan fingerprint density at radius 2 is 1.81 bits per heavy atom. The van der Waals surface area contributed by atoms with Crippen LogP contribution in [0.4, 0.5) is 5.69 Å². The number of nitrogens with zero attached hydrogens (tertiary/aromatic N) is 2. The summed E-state index contributed by atoms with van der Waals surface area (Å²) in [6.45, 7) is 4.24. The molecule has 0 saturated heterocycles. The lowest BCUT2D eigenvalue weighted by atomic mass is 9.99. The van der Waals surface area contributed by atoms with Crippen LogP contribution in [0.1, 0.15) is 38.2 Å². The van der Waals surface area contributed by atoms with E-state index in [9.17, 15) is 5.11 Å². The summed E-state index contributed by atoms with van der Waals surface area (Å²) in [5.74, 6) is 2.08. The van der Waals surface area contributed by atoms with Crippen molar-refractivity contribution in [3.8, 4) is 5.75 Å². The molecule has 0 spiro atoms. The molecule has 1 N–H and O–H groups in total.